The van der Waals surface area contributed by atoms with Crippen molar-refractivity contribution in [3.05, 3.63) is 52.4 Å². The zero-order valence-electron chi connectivity index (χ0n) is 17.5. The van der Waals surface area contributed by atoms with Crippen LogP contribution in [-0.4, -0.2) is 40.5 Å². The van der Waals surface area contributed by atoms with Gasteiger partial charge in [-0.1, -0.05) is 19.1 Å². The number of rotatable bonds is 5. The van der Waals surface area contributed by atoms with Gasteiger partial charge < -0.3 is 10.2 Å². The molecule has 1 aliphatic carbocycles. The summed E-state index contributed by atoms with van der Waals surface area (Å²) in [5, 5.41) is 5.03. The first-order valence-corrected chi connectivity index (χ1v) is 12.0. The van der Waals surface area contributed by atoms with Crippen LogP contribution in [0.1, 0.15) is 54.5 Å². The van der Waals surface area contributed by atoms with Crippen LogP contribution in [-0.2, 0) is 12.8 Å². The predicted molar refractivity (Wildman–Crippen MR) is 122 cm³/mol. The summed E-state index contributed by atoms with van der Waals surface area (Å²) in [7, 11) is 0. The van der Waals surface area contributed by atoms with Crippen LogP contribution in [0.25, 0.3) is 10.2 Å². The second kappa shape index (κ2) is 8.60. The number of benzene rings is 1. The molecule has 6 heteroatoms. The Morgan fingerprint density at radius 2 is 2.03 bits per heavy atom. The molecule has 1 saturated heterocycles. The lowest BCUT2D eigenvalue weighted by Gasteiger charge is -2.34. The lowest BCUT2D eigenvalue weighted by atomic mass is 9.96. The number of aromatic nitrogens is 2. The predicted octanol–water partition coefficient (Wildman–Crippen LogP) is 5.39. The molecule has 0 amide bonds. The summed E-state index contributed by atoms with van der Waals surface area (Å²) in [6.45, 7) is 5.29. The molecule has 0 radical (unpaired) electrons. The largest absolute Gasteiger partial charge is 0.367 e. The standard InChI is InChI=1S/C24H29FN4S/c1-16(17-5-4-6-18(25)13-17)14-29-11-9-19(10-12-29)28-23-22-20-7-2-3-8-21(20)30-24(22)27-15-26-23/h4-6,13,15-16,19H,2-3,7-12,14H2,1H3,(H,26,27,28). The molecule has 1 N–H and O–H groups in total. The zero-order chi connectivity index (χ0) is 20.5. The number of nitrogens with zero attached hydrogens (tertiary/aromatic N) is 3. The van der Waals surface area contributed by atoms with Crippen molar-refractivity contribution in [1.29, 1.82) is 0 Å². The molecule has 0 saturated carbocycles. The number of anilines is 1. The molecule has 1 unspecified atom stereocenters. The van der Waals surface area contributed by atoms with Gasteiger partial charge >= 0.3 is 0 Å². The monoisotopic (exact) mass is 424 g/mol. The van der Waals surface area contributed by atoms with E-state index in [9.17, 15) is 4.39 Å². The Balaban J connectivity index is 1.22. The summed E-state index contributed by atoms with van der Waals surface area (Å²) in [5.74, 6) is 1.23. The van der Waals surface area contributed by atoms with Crippen molar-refractivity contribution >= 4 is 27.4 Å². The van der Waals surface area contributed by atoms with Crippen LogP contribution in [0.5, 0.6) is 0 Å². The van der Waals surface area contributed by atoms with Gasteiger partial charge in [0.05, 0.1) is 5.39 Å². The Labute approximate surface area is 181 Å². The number of likely N-dealkylation sites (tertiary alicyclic amines) is 1. The molecule has 3 aromatic rings. The first-order valence-electron chi connectivity index (χ1n) is 11.2. The van der Waals surface area contributed by atoms with Gasteiger partial charge in [0.25, 0.3) is 0 Å². The van der Waals surface area contributed by atoms with E-state index in [1.54, 1.807) is 12.4 Å². The third kappa shape index (κ3) is 4.08. The van der Waals surface area contributed by atoms with E-state index in [2.05, 4.69) is 27.1 Å². The van der Waals surface area contributed by atoms with Gasteiger partial charge in [-0.3, -0.25) is 0 Å². The Bertz CT molecular complexity index is 1030. The van der Waals surface area contributed by atoms with Gasteiger partial charge in [0.2, 0.25) is 0 Å². The molecule has 0 bridgehead atoms. The SMILES string of the molecule is CC(CN1CCC(Nc2ncnc3sc4c(c23)CCCC4)CC1)c1cccc(F)c1. The molecule has 158 valence electrons. The van der Waals surface area contributed by atoms with Crippen molar-refractivity contribution in [2.45, 2.75) is 57.4 Å². The molecular formula is C24H29FN4S. The fourth-order valence-corrected chi connectivity index (χ4v) is 6.19. The van der Waals surface area contributed by atoms with Gasteiger partial charge in [-0.15, -0.1) is 11.3 Å². The van der Waals surface area contributed by atoms with Crippen molar-refractivity contribution in [2.24, 2.45) is 0 Å². The highest BCUT2D eigenvalue weighted by atomic mass is 32.1. The maximum Gasteiger partial charge on any atom is 0.138 e. The lowest BCUT2D eigenvalue weighted by molar-refractivity contribution is 0.209. The van der Waals surface area contributed by atoms with Crippen LogP contribution >= 0.6 is 11.3 Å². The van der Waals surface area contributed by atoms with E-state index in [1.807, 2.05) is 23.5 Å². The van der Waals surface area contributed by atoms with Gasteiger partial charge in [0.15, 0.2) is 0 Å². The van der Waals surface area contributed by atoms with Gasteiger partial charge in [-0.25, -0.2) is 14.4 Å². The first kappa shape index (κ1) is 19.9. The van der Waals surface area contributed by atoms with Gasteiger partial charge in [-0.2, -0.15) is 0 Å². The van der Waals surface area contributed by atoms with E-state index in [0.29, 0.717) is 12.0 Å². The smallest absolute Gasteiger partial charge is 0.138 e. The van der Waals surface area contributed by atoms with E-state index >= 15 is 0 Å². The van der Waals surface area contributed by atoms with E-state index in [1.165, 1.54) is 41.2 Å². The van der Waals surface area contributed by atoms with Gasteiger partial charge in [0.1, 0.15) is 22.8 Å². The normalized spacial score (nSPS) is 19.0. The molecule has 1 aliphatic heterocycles. The third-order valence-corrected chi connectivity index (χ3v) is 7.83. The fraction of sp³-hybridized carbons (Fsp3) is 0.500. The zero-order valence-corrected chi connectivity index (χ0v) is 18.3. The van der Waals surface area contributed by atoms with Crippen LogP contribution in [0, 0.1) is 5.82 Å². The summed E-state index contributed by atoms with van der Waals surface area (Å²) < 4.78 is 13.5. The van der Waals surface area contributed by atoms with Crippen LogP contribution in [0.2, 0.25) is 0 Å². The van der Waals surface area contributed by atoms with Crippen molar-refractivity contribution in [3.63, 3.8) is 0 Å². The Hall–Kier alpha value is -2.05. The quantitative estimate of drug-likeness (QED) is 0.596. The van der Waals surface area contributed by atoms with E-state index in [-0.39, 0.29) is 5.82 Å². The minimum atomic E-state index is -0.144. The summed E-state index contributed by atoms with van der Waals surface area (Å²) in [6, 6.07) is 7.47. The average molecular weight is 425 g/mol. The highest BCUT2D eigenvalue weighted by Gasteiger charge is 2.24. The topological polar surface area (TPSA) is 41.0 Å². The number of piperidine rings is 1. The van der Waals surface area contributed by atoms with Gasteiger partial charge in [0, 0.05) is 30.6 Å². The average Bonchev–Trinajstić information content (AvgIpc) is 3.15. The van der Waals surface area contributed by atoms with E-state index in [0.717, 1.165) is 55.1 Å². The van der Waals surface area contributed by atoms with E-state index in [4.69, 9.17) is 0 Å². The second-order valence-corrected chi connectivity index (χ2v) is 9.87. The number of halogens is 1. The molecule has 1 atom stereocenters. The Morgan fingerprint density at radius 1 is 1.20 bits per heavy atom. The summed E-state index contributed by atoms with van der Waals surface area (Å²) >= 11 is 1.86. The maximum absolute atomic E-state index is 13.5. The fourth-order valence-electron chi connectivity index (χ4n) is 4.96. The summed E-state index contributed by atoms with van der Waals surface area (Å²) in [6.07, 6.45) is 8.84. The molecule has 30 heavy (non-hydrogen) atoms. The van der Waals surface area contributed by atoms with Crippen molar-refractivity contribution in [3.8, 4) is 0 Å². The van der Waals surface area contributed by atoms with Crippen LogP contribution < -0.4 is 5.32 Å². The molecule has 2 aromatic heterocycles. The van der Waals surface area contributed by atoms with Crippen LogP contribution in [0.4, 0.5) is 10.2 Å². The molecule has 1 fully saturated rings. The third-order valence-electron chi connectivity index (χ3n) is 6.63. The minimum Gasteiger partial charge on any atom is -0.367 e. The van der Waals surface area contributed by atoms with Crippen molar-refractivity contribution < 1.29 is 4.39 Å². The number of aryl methyl sites for hydroxylation is 2. The minimum absolute atomic E-state index is 0.144. The van der Waals surface area contributed by atoms with E-state index < -0.39 is 0 Å². The number of hydrogen-bond acceptors (Lipinski definition) is 5. The molecule has 4 nitrogen and oxygen atoms in total. The van der Waals surface area contributed by atoms with Crippen molar-refractivity contribution in [2.75, 3.05) is 25.0 Å². The van der Waals surface area contributed by atoms with Crippen molar-refractivity contribution in [1.82, 2.24) is 14.9 Å². The number of nitrogens with one attached hydrogen (secondary N) is 1. The number of fused-ring (bicyclic) bond motifs is 3. The van der Waals surface area contributed by atoms with Crippen LogP contribution in [0.15, 0.2) is 30.6 Å². The molecule has 0 spiro atoms. The Morgan fingerprint density at radius 3 is 2.87 bits per heavy atom. The van der Waals surface area contributed by atoms with Crippen LogP contribution in [0.3, 0.4) is 0 Å². The number of hydrogen-bond donors (Lipinski definition) is 1. The lowest BCUT2D eigenvalue weighted by Crippen LogP contribution is -2.40. The molecule has 2 aliphatic rings. The Kier molecular flexibility index (Phi) is 5.70. The first-order chi connectivity index (χ1) is 14.7. The highest BCUT2D eigenvalue weighted by molar-refractivity contribution is 7.19. The molecule has 5 rings (SSSR count). The summed E-state index contributed by atoms with van der Waals surface area (Å²) in [4.78, 5) is 14.3. The molecule has 3 heterocycles. The number of thiophene rings is 1. The van der Waals surface area contributed by atoms with Gasteiger partial charge in [-0.05, 0) is 67.7 Å². The second-order valence-electron chi connectivity index (χ2n) is 8.79. The molecular weight excluding hydrogens is 395 g/mol. The maximum atomic E-state index is 13.5. The highest BCUT2D eigenvalue weighted by Crippen LogP contribution is 2.38. The molecule has 1 aromatic carbocycles. The summed E-state index contributed by atoms with van der Waals surface area (Å²) in [5.41, 5.74) is 2.58.